The highest BCUT2D eigenvalue weighted by molar-refractivity contribution is 5.99. The number of carboxylic acids is 1. The Kier molecular flexibility index (Phi) is 7.01. The highest BCUT2D eigenvalue weighted by atomic mass is 16.4. The van der Waals surface area contributed by atoms with Gasteiger partial charge in [-0.1, -0.05) is 0 Å². The van der Waals surface area contributed by atoms with Crippen molar-refractivity contribution in [2.24, 2.45) is 5.92 Å². The molecule has 0 saturated carbocycles. The number of carbonyl (C=O) groups excluding carboxylic acids is 2. The zero-order valence-corrected chi connectivity index (χ0v) is 22.2. The second-order valence-electron chi connectivity index (χ2n) is 10.9. The second kappa shape index (κ2) is 10.8. The van der Waals surface area contributed by atoms with Crippen LogP contribution in [0.4, 0.5) is 11.4 Å². The molecule has 1 atom stereocenters. The van der Waals surface area contributed by atoms with E-state index in [2.05, 4.69) is 25.1 Å². The van der Waals surface area contributed by atoms with E-state index in [1.54, 1.807) is 24.4 Å². The van der Waals surface area contributed by atoms with Crippen molar-refractivity contribution in [3.8, 4) is 0 Å². The summed E-state index contributed by atoms with van der Waals surface area (Å²) in [7, 11) is 0. The Morgan fingerprint density at radius 3 is 2.23 bits per heavy atom. The maximum atomic E-state index is 13.1. The highest BCUT2D eigenvalue weighted by Crippen LogP contribution is 2.25. The number of benzene rings is 1. The van der Waals surface area contributed by atoms with E-state index in [0.29, 0.717) is 17.1 Å². The summed E-state index contributed by atoms with van der Waals surface area (Å²) in [4.78, 5) is 55.0. The van der Waals surface area contributed by atoms with Crippen molar-refractivity contribution >= 4 is 34.8 Å². The van der Waals surface area contributed by atoms with E-state index in [1.807, 2.05) is 18.2 Å². The minimum atomic E-state index is -0.902. The van der Waals surface area contributed by atoms with Crippen LogP contribution in [-0.4, -0.2) is 87.8 Å². The first-order valence-electron chi connectivity index (χ1n) is 13.9. The first-order chi connectivity index (χ1) is 19.4. The van der Waals surface area contributed by atoms with Crippen molar-refractivity contribution in [3.63, 3.8) is 0 Å². The molecule has 2 amide bonds. The molecule has 12 heteroatoms. The Morgan fingerprint density at radius 2 is 1.55 bits per heavy atom. The number of pyridine rings is 1. The number of nitrogens with one attached hydrogen (secondary N) is 1. The predicted molar refractivity (Wildman–Crippen MR) is 148 cm³/mol. The number of aromatic nitrogens is 3. The summed E-state index contributed by atoms with van der Waals surface area (Å²) in [5, 5.41) is 15.8. The van der Waals surface area contributed by atoms with E-state index in [-0.39, 0.29) is 24.4 Å². The molecule has 1 unspecified atom stereocenters. The minimum absolute atomic E-state index is 0.188. The van der Waals surface area contributed by atoms with Crippen LogP contribution in [0.2, 0.25) is 0 Å². The number of carboxylic acid groups (broad SMARTS) is 1. The van der Waals surface area contributed by atoms with Gasteiger partial charge in [-0.05, 0) is 61.6 Å². The van der Waals surface area contributed by atoms with E-state index in [1.165, 1.54) is 9.08 Å². The van der Waals surface area contributed by atoms with Crippen molar-refractivity contribution < 1.29 is 19.5 Å². The van der Waals surface area contributed by atoms with Gasteiger partial charge in [-0.25, -0.2) is 14.0 Å². The maximum absolute atomic E-state index is 13.1. The van der Waals surface area contributed by atoms with Crippen molar-refractivity contribution in [1.29, 1.82) is 0 Å². The fourth-order valence-electron chi connectivity index (χ4n) is 6.03. The number of nitrogens with zero attached hydrogens (tertiary/aromatic N) is 6. The van der Waals surface area contributed by atoms with E-state index in [4.69, 9.17) is 5.11 Å². The third-order valence-corrected chi connectivity index (χ3v) is 8.38. The average Bonchev–Trinajstić information content (AvgIpc) is 3.29. The SMILES string of the molecule is O=C1CCC(n2nc3ccc(N4CCN(CC5CCN(c6ccc(C(=O)O)cc6)CC5)CC4)cn3c2=O)C(=O)N1. The second-order valence-corrected chi connectivity index (χ2v) is 10.9. The third-order valence-electron chi connectivity index (χ3n) is 8.38. The Balaban J connectivity index is 1.02. The van der Waals surface area contributed by atoms with Gasteiger partial charge < -0.3 is 14.9 Å². The van der Waals surface area contributed by atoms with Crippen LogP contribution in [0.3, 0.4) is 0 Å². The van der Waals surface area contributed by atoms with Gasteiger partial charge in [-0.2, -0.15) is 4.68 Å². The molecular formula is C28H33N7O5. The van der Waals surface area contributed by atoms with Gasteiger partial charge in [0.05, 0.1) is 11.3 Å². The molecule has 0 spiro atoms. The monoisotopic (exact) mass is 547 g/mol. The lowest BCUT2D eigenvalue weighted by Gasteiger charge is -2.40. The summed E-state index contributed by atoms with van der Waals surface area (Å²) in [6, 6.07) is 10.1. The number of piperidine rings is 2. The highest BCUT2D eigenvalue weighted by Gasteiger charge is 2.31. The third kappa shape index (κ3) is 5.18. The Hall–Kier alpha value is -4.19. The van der Waals surface area contributed by atoms with Gasteiger partial charge in [-0.3, -0.25) is 19.8 Å². The van der Waals surface area contributed by atoms with E-state index >= 15 is 0 Å². The maximum Gasteiger partial charge on any atom is 0.351 e. The number of imide groups is 1. The molecule has 3 aliphatic heterocycles. The molecule has 40 heavy (non-hydrogen) atoms. The normalized spacial score (nSPS) is 21.1. The molecular weight excluding hydrogens is 514 g/mol. The Morgan fingerprint density at radius 1 is 0.875 bits per heavy atom. The number of rotatable bonds is 6. The number of amides is 2. The number of piperazine rings is 1. The van der Waals surface area contributed by atoms with Crippen LogP contribution < -0.4 is 20.8 Å². The number of anilines is 2. The van der Waals surface area contributed by atoms with Gasteiger partial charge in [0.25, 0.3) is 5.91 Å². The first-order valence-corrected chi connectivity index (χ1v) is 13.9. The Labute approximate surface area is 230 Å². The van der Waals surface area contributed by atoms with Crippen LogP contribution in [0, 0.1) is 5.92 Å². The molecule has 2 aromatic heterocycles. The standard InChI is InChI=1S/C28H33N7O5/c36-25-8-6-23(26(37)29-25)35-28(40)34-18-22(5-7-24(34)30-35)33-15-13-31(14-16-33)17-19-9-11-32(12-10-19)21-3-1-20(2-4-21)27(38)39/h1-5,7,18-19,23H,6,8-17H2,(H,38,39)(H,29,36,37). The molecule has 0 bridgehead atoms. The number of fused-ring (bicyclic) bond motifs is 1. The van der Waals surface area contributed by atoms with E-state index in [0.717, 1.165) is 70.0 Å². The summed E-state index contributed by atoms with van der Waals surface area (Å²) in [6.07, 6.45) is 4.46. The molecule has 3 fully saturated rings. The Bertz CT molecular complexity index is 1480. The smallest absolute Gasteiger partial charge is 0.351 e. The van der Waals surface area contributed by atoms with E-state index in [9.17, 15) is 19.2 Å². The lowest BCUT2D eigenvalue weighted by atomic mass is 9.95. The fourth-order valence-corrected chi connectivity index (χ4v) is 6.03. The lowest BCUT2D eigenvalue weighted by molar-refractivity contribution is -0.136. The quantitative estimate of drug-likeness (QED) is 0.437. The van der Waals surface area contributed by atoms with Gasteiger partial charge in [0.1, 0.15) is 6.04 Å². The van der Waals surface area contributed by atoms with Gasteiger partial charge in [0, 0.05) is 64.1 Å². The van der Waals surface area contributed by atoms with Gasteiger partial charge >= 0.3 is 11.7 Å². The van der Waals surface area contributed by atoms with Crippen LogP contribution in [-0.2, 0) is 9.59 Å². The molecule has 0 radical (unpaired) electrons. The molecule has 12 nitrogen and oxygen atoms in total. The fraction of sp³-hybridized carbons (Fsp3) is 0.464. The average molecular weight is 548 g/mol. The zero-order valence-electron chi connectivity index (χ0n) is 22.2. The van der Waals surface area contributed by atoms with Crippen LogP contribution >= 0.6 is 0 Å². The zero-order chi connectivity index (χ0) is 27.8. The molecule has 3 aliphatic rings. The molecule has 1 aromatic carbocycles. The predicted octanol–water partition coefficient (Wildman–Crippen LogP) is 1.21. The van der Waals surface area contributed by atoms with E-state index < -0.39 is 17.9 Å². The van der Waals surface area contributed by atoms with Crippen molar-refractivity contribution in [2.45, 2.75) is 31.7 Å². The van der Waals surface area contributed by atoms with Crippen LogP contribution in [0.25, 0.3) is 5.65 Å². The van der Waals surface area contributed by atoms with Gasteiger partial charge in [0.15, 0.2) is 5.65 Å². The largest absolute Gasteiger partial charge is 0.478 e. The van der Waals surface area contributed by atoms with Crippen LogP contribution in [0.1, 0.15) is 42.1 Å². The summed E-state index contributed by atoms with van der Waals surface area (Å²) in [6.45, 7) is 6.61. The van der Waals surface area contributed by atoms with Crippen molar-refractivity contribution in [3.05, 3.63) is 58.6 Å². The van der Waals surface area contributed by atoms with Gasteiger partial charge in [0.2, 0.25) is 5.91 Å². The topological polar surface area (TPSA) is 132 Å². The molecule has 5 heterocycles. The van der Waals surface area contributed by atoms with Crippen molar-refractivity contribution in [2.75, 3.05) is 55.6 Å². The van der Waals surface area contributed by atoms with Crippen LogP contribution in [0.5, 0.6) is 0 Å². The summed E-state index contributed by atoms with van der Waals surface area (Å²) >= 11 is 0. The van der Waals surface area contributed by atoms with Crippen LogP contribution in [0.15, 0.2) is 47.4 Å². The molecule has 6 rings (SSSR count). The van der Waals surface area contributed by atoms with Crippen molar-refractivity contribution in [1.82, 2.24) is 24.4 Å². The minimum Gasteiger partial charge on any atom is -0.478 e. The number of hydrogen-bond acceptors (Lipinski definition) is 8. The van der Waals surface area contributed by atoms with Gasteiger partial charge in [-0.15, -0.1) is 5.10 Å². The summed E-state index contributed by atoms with van der Waals surface area (Å²) in [5.41, 5.74) is 2.43. The summed E-state index contributed by atoms with van der Waals surface area (Å²) in [5.74, 6) is -1.08. The lowest BCUT2D eigenvalue weighted by Crippen LogP contribution is -2.49. The molecule has 2 N–H and O–H groups in total. The number of carbonyl (C=O) groups is 3. The molecule has 3 saturated heterocycles. The number of hydrogen-bond donors (Lipinski definition) is 2. The first kappa shape index (κ1) is 26.1. The number of aromatic carboxylic acids is 1. The molecule has 210 valence electrons. The molecule has 0 aliphatic carbocycles. The summed E-state index contributed by atoms with van der Waals surface area (Å²) < 4.78 is 2.67. The molecule has 3 aromatic rings.